The van der Waals surface area contributed by atoms with Gasteiger partial charge in [-0.3, -0.25) is 4.79 Å². The van der Waals surface area contributed by atoms with Crippen molar-refractivity contribution in [3.05, 3.63) is 53.8 Å². The van der Waals surface area contributed by atoms with Crippen molar-refractivity contribution in [3.63, 3.8) is 0 Å². The molecule has 0 saturated carbocycles. The number of fused-ring (bicyclic) bond motifs is 1. The van der Waals surface area contributed by atoms with Crippen LogP contribution in [0.15, 0.2) is 42.5 Å². The number of rotatable bonds is 6. The molecule has 0 radical (unpaired) electrons. The Morgan fingerprint density at radius 1 is 1.30 bits per heavy atom. The second-order valence-corrected chi connectivity index (χ2v) is 6.07. The van der Waals surface area contributed by atoms with Crippen molar-refractivity contribution in [2.75, 3.05) is 13.2 Å². The summed E-state index contributed by atoms with van der Waals surface area (Å²) in [6.07, 6.45) is -0.408. The van der Waals surface area contributed by atoms with Gasteiger partial charge >= 0.3 is 5.97 Å². The molecule has 140 valence electrons. The number of hydrogen-bond donors (Lipinski definition) is 1. The zero-order valence-corrected chi connectivity index (χ0v) is 14.8. The van der Waals surface area contributed by atoms with E-state index in [1.54, 1.807) is 31.2 Å². The second-order valence-electron chi connectivity index (χ2n) is 6.07. The summed E-state index contributed by atoms with van der Waals surface area (Å²) in [7, 11) is 0. The Morgan fingerprint density at radius 3 is 2.78 bits per heavy atom. The van der Waals surface area contributed by atoms with Crippen molar-refractivity contribution in [3.8, 4) is 29.1 Å². The van der Waals surface area contributed by atoms with Gasteiger partial charge in [0.15, 0.2) is 17.6 Å². The van der Waals surface area contributed by atoms with E-state index in [0.29, 0.717) is 23.9 Å². The molecule has 0 amide bonds. The molecule has 1 aliphatic heterocycles. The van der Waals surface area contributed by atoms with E-state index in [-0.39, 0.29) is 30.9 Å². The SMILES string of the molecule is CC#C[C@@H](CC(=O)O)c1ccc(OC[C@H]2COc3ccc(F)cc3O2)cc1. The van der Waals surface area contributed by atoms with Crippen LogP contribution in [0.1, 0.15) is 24.8 Å². The molecule has 2 atom stereocenters. The molecule has 2 aromatic carbocycles. The summed E-state index contributed by atoms with van der Waals surface area (Å²) in [5.74, 6) is 5.52. The zero-order chi connectivity index (χ0) is 19.2. The Hall–Kier alpha value is -3.20. The lowest BCUT2D eigenvalue weighted by molar-refractivity contribution is -0.137. The minimum Gasteiger partial charge on any atom is -0.490 e. The van der Waals surface area contributed by atoms with Crippen LogP contribution in [0, 0.1) is 17.7 Å². The molecule has 0 fully saturated rings. The molecule has 1 aliphatic rings. The van der Waals surface area contributed by atoms with E-state index in [1.165, 1.54) is 18.2 Å². The van der Waals surface area contributed by atoms with Crippen LogP contribution in [-0.4, -0.2) is 30.4 Å². The number of carbonyl (C=O) groups is 1. The molecule has 1 N–H and O–H groups in total. The molecule has 1 heterocycles. The molecule has 0 saturated heterocycles. The fourth-order valence-electron chi connectivity index (χ4n) is 2.76. The summed E-state index contributed by atoms with van der Waals surface area (Å²) in [4.78, 5) is 11.0. The van der Waals surface area contributed by atoms with Crippen LogP contribution in [0.25, 0.3) is 0 Å². The molecule has 5 nitrogen and oxygen atoms in total. The Balaban J connectivity index is 1.59. The topological polar surface area (TPSA) is 65.0 Å². The van der Waals surface area contributed by atoms with E-state index < -0.39 is 5.97 Å². The van der Waals surface area contributed by atoms with E-state index in [2.05, 4.69) is 11.8 Å². The number of carboxylic acid groups (broad SMARTS) is 1. The average Bonchev–Trinajstić information content (AvgIpc) is 2.66. The lowest BCUT2D eigenvalue weighted by Crippen LogP contribution is -2.34. The number of aliphatic carboxylic acids is 1. The zero-order valence-electron chi connectivity index (χ0n) is 14.8. The molecule has 6 heteroatoms. The van der Waals surface area contributed by atoms with Gasteiger partial charge in [0, 0.05) is 6.07 Å². The van der Waals surface area contributed by atoms with Crippen molar-refractivity contribution in [2.24, 2.45) is 0 Å². The van der Waals surface area contributed by atoms with Crippen LogP contribution in [-0.2, 0) is 4.79 Å². The summed E-state index contributed by atoms with van der Waals surface area (Å²) in [6.45, 7) is 2.23. The predicted molar refractivity (Wildman–Crippen MR) is 96.7 cm³/mol. The van der Waals surface area contributed by atoms with Crippen molar-refractivity contribution < 1.29 is 28.5 Å². The van der Waals surface area contributed by atoms with Gasteiger partial charge in [0.05, 0.1) is 12.3 Å². The van der Waals surface area contributed by atoms with Gasteiger partial charge in [-0.1, -0.05) is 18.1 Å². The largest absolute Gasteiger partial charge is 0.490 e. The summed E-state index contributed by atoms with van der Waals surface area (Å²) >= 11 is 0. The number of benzene rings is 2. The molecule has 3 rings (SSSR count). The molecular formula is C21H19FO5. The molecule has 0 bridgehead atoms. The third kappa shape index (κ3) is 4.91. The lowest BCUT2D eigenvalue weighted by atomic mass is 9.96. The first-order chi connectivity index (χ1) is 13.0. The summed E-state index contributed by atoms with van der Waals surface area (Å²) in [5, 5.41) is 9.00. The summed E-state index contributed by atoms with van der Waals surface area (Å²) < 4.78 is 30.3. The quantitative estimate of drug-likeness (QED) is 0.787. The number of carboxylic acids is 1. The molecule has 0 aliphatic carbocycles. The van der Waals surface area contributed by atoms with Gasteiger partial charge < -0.3 is 19.3 Å². The van der Waals surface area contributed by atoms with Crippen LogP contribution in [0.2, 0.25) is 0 Å². The minimum atomic E-state index is -0.894. The third-order valence-electron chi connectivity index (χ3n) is 4.04. The van der Waals surface area contributed by atoms with Crippen LogP contribution >= 0.6 is 0 Å². The Kier molecular flexibility index (Phi) is 5.82. The normalized spacial score (nSPS) is 16.0. The van der Waals surface area contributed by atoms with Crippen LogP contribution in [0.4, 0.5) is 4.39 Å². The third-order valence-corrected chi connectivity index (χ3v) is 4.04. The van der Waals surface area contributed by atoms with E-state index in [4.69, 9.17) is 19.3 Å². The predicted octanol–water partition coefficient (Wildman–Crippen LogP) is 3.63. The van der Waals surface area contributed by atoms with Gasteiger partial charge in [-0.15, -0.1) is 5.92 Å². The molecular weight excluding hydrogens is 351 g/mol. The fourth-order valence-corrected chi connectivity index (χ4v) is 2.76. The van der Waals surface area contributed by atoms with Gasteiger partial charge in [-0.2, -0.15) is 0 Å². The molecule has 27 heavy (non-hydrogen) atoms. The highest BCUT2D eigenvalue weighted by Gasteiger charge is 2.22. The summed E-state index contributed by atoms with van der Waals surface area (Å²) in [6, 6.07) is 11.3. The Morgan fingerprint density at radius 2 is 2.07 bits per heavy atom. The highest BCUT2D eigenvalue weighted by Crippen LogP contribution is 2.32. The Bertz CT molecular complexity index is 866. The van der Waals surface area contributed by atoms with E-state index in [0.717, 1.165) is 5.56 Å². The first kappa shape index (κ1) is 18.6. The first-order valence-corrected chi connectivity index (χ1v) is 8.51. The van der Waals surface area contributed by atoms with E-state index in [9.17, 15) is 9.18 Å². The van der Waals surface area contributed by atoms with Crippen molar-refractivity contribution >= 4 is 5.97 Å². The number of halogens is 1. The van der Waals surface area contributed by atoms with Crippen molar-refractivity contribution in [1.82, 2.24) is 0 Å². The number of hydrogen-bond acceptors (Lipinski definition) is 4. The molecule has 0 unspecified atom stereocenters. The van der Waals surface area contributed by atoms with E-state index in [1.807, 2.05) is 0 Å². The highest BCUT2D eigenvalue weighted by molar-refractivity contribution is 5.69. The maximum absolute atomic E-state index is 13.3. The maximum Gasteiger partial charge on any atom is 0.304 e. The van der Waals surface area contributed by atoms with Crippen LogP contribution in [0.3, 0.4) is 0 Å². The first-order valence-electron chi connectivity index (χ1n) is 8.51. The standard InChI is InChI=1S/C21H19FO5/c1-2-3-15(10-21(23)24)14-4-7-17(8-5-14)25-12-18-13-26-19-9-6-16(22)11-20(19)27-18/h4-9,11,15,18H,10,12-13H2,1H3,(H,23,24)/t15-,18-/m0/s1. The lowest BCUT2D eigenvalue weighted by Gasteiger charge is -2.26. The van der Waals surface area contributed by atoms with Crippen molar-refractivity contribution in [1.29, 1.82) is 0 Å². The van der Waals surface area contributed by atoms with Gasteiger partial charge in [-0.05, 0) is 36.8 Å². The van der Waals surface area contributed by atoms with Gasteiger partial charge in [0.1, 0.15) is 24.8 Å². The Labute approximate surface area is 156 Å². The van der Waals surface area contributed by atoms with E-state index >= 15 is 0 Å². The molecule has 2 aromatic rings. The average molecular weight is 370 g/mol. The number of ether oxygens (including phenoxy) is 3. The van der Waals surface area contributed by atoms with Gasteiger partial charge in [0.25, 0.3) is 0 Å². The van der Waals surface area contributed by atoms with Gasteiger partial charge in [-0.25, -0.2) is 4.39 Å². The maximum atomic E-state index is 13.3. The van der Waals surface area contributed by atoms with Crippen LogP contribution < -0.4 is 14.2 Å². The second kappa shape index (κ2) is 8.45. The van der Waals surface area contributed by atoms with Crippen molar-refractivity contribution in [2.45, 2.75) is 25.4 Å². The van der Waals surface area contributed by atoms with Gasteiger partial charge in [0.2, 0.25) is 0 Å². The highest BCUT2D eigenvalue weighted by atomic mass is 19.1. The molecule has 0 spiro atoms. The fraction of sp³-hybridized carbons (Fsp3) is 0.286. The summed E-state index contributed by atoms with van der Waals surface area (Å²) in [5.41, 5.74) is 0.820. The molecule has 0 aromatic heterocycles. The monoisotopic (exact) mass is 370 g/mol. The minimum absolute atomic E-state index is 0.0513. The smallest absolute Gasteiger partial charge is 0.304 e. The van der Waals surface area contributed by atoms with Crippen LogP contribution in [0.5, 0.6) is 17.2 Å².